The highest BCUT2D eigenvalue weighted by Gasteiger charge is 2.17. The summed E-state index contributed by atoms with van der Waals surface area (Å²) in [6, 6.07) is 7.56. The zero-order valence-corrected chi connectivity index (χ0v) is 13.5. The summed E-state index contributed by atoms with van der Waals surface area (Å²) in [6.45, 7) is -0.720. The molecule has 1 N–H and O–H groups in total. The number of para-hydroxylation sites is 1. The molecule has 0 aromatic heterocycles. The highest BCUT2D eigenvalue weighted by Crippen LogP contribution is 2.25. The van der Waals surface area contributed by atoms with E-state index >= 15 is 0 Å². The third-order valence-electron chi connectivity index (χ3n) is 3.19. The van der Waals surface area contributed by atoms with Crippen LogP contribution in [0.4, 0.5) is 14.5 Å². The summed E-state index contributed by atoms with van der Waals surface area (Å²) in [4.78, 5) is 23.8. The Hall–Kier alpha value is -3.16. The normalized spacial score (nSPS) is 10.1. The third-order valence-corrected chi connectivity index (χ3v) is 3.19. The molecule has 0 radical (unpaired) electrons. The summed E-state index contributed by atoms with van der Waals surface area (Å²) >= 11 is 0. The van der Waals surface area contributed by atoms with Crippen LogP contribution in [0.15, 0.2) is 36.4 Å². The van der Waals surface area contributed by atoms with E-state index in [1.54, 1.807) is 0 Å². The highest BCUT2D eigenvalue weighted by atomic mass is 19.1. The van der Waals surface area contributed by atoms with Crippen molar-refractivity contribution in [2.24, 2.45) is 0 Å². The molecule has 1 amide bonds. The monoisotopic (exact) mass is 351 g/mol. The minimum atomic E-state index is -0.934. The molecule has 0 saturated heterocycles. The summed E-state index contributed by atoms with van der Waals surface area (Å²) in [5.74, 6) is -2.91. The fourth-order valence-corrected chi connectivity index (χ4v) is 1.97. The lowest BCUT2D eigenvalue weighted by Crippen LogP contribution is -2.22. The van der Waals surface area contributed by atoms with Crippen LogP contribution in [0.1, 0.15) is 10.4 Å². The Labute approximate surface area is 142 Å². The van der Waals surface area contributed by atoms with Gasteiger partial charge in [0.15, 0.2) is 6.61 Å². The van der Waals surface area contributed by atoms with Crippen molar-refractivity contribution in [2.45, 2.75) is 0 Å². The van der Waals surface area contributed by atoms with Crippen molar-refractivity contribution in [2.75, 3.05) is 26.1 Å². The average Bonchev–Trinajstić information content (AvgIpc) is 2.62. The van der Waals surface area contributed by atoms with Gasteiger partial charge in [0, 0.05) is 6.07 Å². The van der Waals surface area contributed by atoms with Crippen LogP contribution in [0, 0.1) is 11.6 Å². The molecule has 0 bridgehead atoms. The fourth-order valence-electron chi connectivity index (χ4n) is 1.97. The van der Waals surface area contributed by atoms with Gasteiger partial charge in [-0.2, -0.15) is 0 Å². The molecule has 132 valence electrons. The van der Waals surface area contributed by atoms with Crippen LogP contribution in [0.3, 0.4) is 0 Å². The number of carbonyl (C=O) groups is 2. The number of halogens is 2. The molecule has 2 rings (SSSR count). The molecule has 2 aromatic rings. The number of carbonyl (C=O) groups excluding carboxylic acids is 2. The SMILES string of the molecule is COc1ccc(C(=O)OCC(=O)Nc2c(F)cccc2F)c(OC)c1. The number of hydrogen-bond acceptors (Lipinski definition) is 5. The van der Waals surface area contributed by atoms with Gasteiger partial charge in [0.1, 0.15) is 34.4 Å². The van der Waals surface area contributed by atoms with Crippen molar-refractivity contribution in [3.05, 3.63) is 53.6 Å². The molecule has 6 nitrogen and oxygen atoms in total. The molecule has 0 fully saturated rings. The summed E-state index contributed by atoms with van der Waals surface area (Å²) in [6.07, 6.45) is 0. The molecule has 0 unspecified atom stereocenters. The maximum absolute atomic E-state index is 13.5. The van der Waals surface area contributed by atoms with Crippen LogP contribution in [0.2, 0.25) is 0 Å². The van der Waals surface area contributed by atoms with Crippen LogP contribution in [-0.4, -0.2) is 32.7 Å². The van der Waals surface area contributed by atoms with Crippen molar-refractivity contribution in [3.63, 3.8) is 0 Å². The molecule has 25 heavy (non-hydrogen) atoms. The van der Waals surface area contributed by atoms with E-state index in [9.17, 15) is 18.4 Å². The second-order valence-electron chi connectivity index (χ2n) is 4.79. The van der Waals surface area contributed by atoms with Gasteiger partial charge >= 0.3 is 5.97 Å². The standard InChI is InChI=1S/C17H15F2NO5/c1-23-10-6-7-11(14(8-10)24-2)17(22)25-9-15(21)20-16-12(18)4-3-5-13(16)19/h3-8H,9H2,1-2H3,(H,20,21). The van der Waals surface area contributed by atoms with E-state index in [1.165, 1.54) is 32.4 Å². The molecule has 0 atom stereocenters. The smallest absolute Gasteiger partial charge is 0.342 e. The van der Waals surface area contributed by atoms with Gasteiger partial charge in [-0.15, -0.1) is 0 Å². The predicted molar refractivity (Wildman–Crippen MR) is 84.8 cm³/mol. The molecule has 0 aliphatic carbocycles. The van der Waals surface area contributed by atoms with Gasteiger partial charge < -0.3 is 19.5 Å². The molecule has 0 heterocycles. The van der Waals surface area contributed by atoms with Gasteiger partial charge in [-0.25, -0.2) is 13.6 Å². The van der Waals surface area contributed by atoms with Crippen molar-refractivity contribution in [1.29, 1.82) is 0 Å². The Balaban J connectivity index is 2.01. The minimum absolute atomic E-state index is 0.0770. The summed E-state index contributed by atoms with van der Waals surface area (Å²) in [5, 5.41) is 2.01. The van der Waals surface area contributed by atoms with Crippen molar-refractivity contribution in [1.82, 2.24) is 0 Å². The predicted octanol–water partition coefficient (Wildman–Crippen LogP) is 2.78. The summed E-state index contributed by atoms with van der Waals surface area (Å²) in [5.41, 5.74) is -0.529. The van der Waals surface area contributed by atoms with E-state index in [4.69, 9.17) is 14.2 Å². The number of rotatable bonds is 6. The molecule has 0 aliphatic heterocycles. The number of amides is 1. The van der Waals surface area contributed by atoms with Crippen LogP contribution in [0.5, 0.6) is 11.5 Å². The van der Waals surface area contributed by atoms with Crippen LogP contribution >= 0.6 is 0 Å². The Morgan fingerprint density at radius 2 is 1.72 bits per heavy atom. The lowest BCUT2D eigenvalue weighted by atomic mass is 10.2. The number of ether oxygens (including phenoxy) is 3. The maximum Gasteiger partial charge on any atom is 0.342 e. The molecule has 0 spiro atoms. The summed E-state index contributed by atoms with van der Waals surface area (Å²) in [7, 11) is 2.82. The Kier molecular flexibility index (Phi) is 5.89. The first-order chi connectivity index (χ1) is 12.0. The fraction of sp³-hybridized carbons (Fsp3) is 0.176. The van der Waals surface area contributed by atoms with Gasteiger partial charge in [-0.05, 0) is 24.3 Å². The maximum atomic E-state index is 13.5. The van der Waals surface area contributed by atoms with E-state index < -0.39 is 35.8 Å². The minimum Gasteiger partial charge on any atom is -0.497 e. The first-order valence-corrected chi connectivity index (χ1v) is 7.09. The zero-order chi connectivity index (χ0) is 18.4. The number of hydrogen-bond donors (Lipinski definition) is 1. The summed E-state index contributed by atoms with van der Waals surface area (Å²) < 4.78 is 41.8. The first-order valence-electron chi connectivity index (χ1n) is 7.09. The number of anilines is 1. The van der Waals surface area contributed by atoms with Gasteiger partial charge in [0.25, 0.3) is 5.91 Å². The van der Waals surface area contributed by atoms with Gasteiger partial charge in [0.2, 0.25) is 0 Å². The highest BCUT2D eigenvalue weighted by molar-refractivity contribution is 5.97. The molecule has 0 aliphatic rings. The quantitative estimate of drug-likeness (QED) is 0.810. The van der Waals surface area contributed by atoms with Gasteiger partial charge in [-0.3, -0.25) is 4.79 Å². The van der Waals surface area contributed by atoms with Crippen LogP contribution in [0.25, 0.3) is 0 Å². The number of esters is 1. The lowest BCUT2D eigenvalue weighted by Gasteiger charge is -2.11. The topological polar surface area (TPSA) is 73.9 Å². The molecule has 8 heteroatoms. The Bertz CT molecular complexity index is 774. The second kappa shape index (κ2) is 8.09. The Morgan fingerprint density at radius 3 is 2.32 bits per heavy atom. The number of nitrogens with one attached hydrogen (secondary N) is 1. The van der Waals surface area contributed by atoms with E-state index in [2.05, 4.69) is 0 Å². The van der Waals surface area contributed by atoms with Crippen LogP contribution in [-0.2, 0) is 9.53 Å². The lowest BCUT2D eigenvalue weighted by molar-refractivity contribution is -0.119. The third kappa shape index (κ3) is 4.43. The average molecular weight is 351 g/mol. The van der Waals surface area contributed by atoms with Gasteiger partial charge in [-0.1, -0.05) is 6.07 Å². The Morgan fingerprint density at radius 1 is 1.04 bits per heavy atom. The largest absolute Gasteiger partial charge is 0.497 e. The number of benzene rings is 2. The van der Waals surface area contributed by atoms with Crippen molar-refractivity contribution < 1.29 is 32.6 Å². The van der Waals surface area contributed by atoms with E-state index in [1.807, 2.05) is 5.32 Å². The van der Waals surface area contributed by atoms with E-state index in [0.717, 1.165) is 18.2 Å². The van der Waals surface area contributed by atoms with Crippen molar-refractivity contribution >= 4 is 17.6 Å². The number of methoxy groups -OCH3 is 2. The molecular formula is C17H15F2NO5. The first kappa shape index (κ1) is 18.2. The van der Waals surface area contributed by atoms with Crippen molar-refractivity contribution in [3.8, 4) is 11.5 Å². The van der Waals surface area contributed by atoms with E-state index in [-0.39, 0.29) is 11.3 Å². The zero-order valence-electron chi connectivity index (χ0n) is 13.5. The molecule has 0 saturated carbocycles. The van der Waals surface area contributed by atoms with Gasteiger partial charge in [0.05, 0.1) is 14.2 Å². The molecular weight excluding hydrogens is 336 g/mol. The molecule has 2 aromatic carbocycles. The second-order valence-corrected chi connectivity index (χ2v) is 4.79. The van der Waals surface area contributed by atoms with Crippen LogP contribution < -0.4 is 14.8 Å². The van der Waals surface area contributed by atoms with E-state index in [0.29, 0.717) is 5.75 Å².